The van der Waals surface area contributed by atoms with Gasteiger partial charge >= 0.3 is 0 Å². The molecule has 8 heavy (non-hydrogen) atoms. The summed E-state index contributed by atoms with van der Waals surface area (Å²) in [5.74, 6) is -0.833. The molecule has 0 aliphatic carbocycles. The quantitative estimate of drug-likeness (QED) is 0.488. The van der Waals surface area contributed by atoms with Crippen molar-refractivity contribution in [1.82, 2.24) is 0 Å². The van der Waals surface area contributed by atoms with Crippen LogP contribution in [-0.4, -0.2) is 27.4 Å². The second kappa shape index (κ2) is 7.00. The minimum absolute atomic E-state index is 0.833. The van der Waals surface area contributed by atoms with Crippen molar-refractivity contribution in [3.05, 3.63) is 0 Å². The van der Waals surface area contributed by atoms with E-state index in [1.165, 1.54) is 16.3 Å². The molecule has 48 valence electrons. The van der Waals surface area contributed by atoms with Crippen molar-refractivity contribution in [2.24, 2.45) is 0 Å². The Morgan fingerprint density at radius 2 is 1.62 bits per heavy atom. The Hall–Kier alpha value is 0.00247. The molecule has 0 rings (SSSR count). The Morgan fingerprint density at radius 1 is 1.62 bits per heavy atom. The Labute approximate surface area is 58.3 Å². The van der Waals surface area contributed by atoms with Crippen LogP contribution in [-0.2, 0) is 4.79 Å². The van der Waals surface area contributed by atoms with E-state index in [1.807, 2.05) is 0 Å². The van der Waals surface area contributed by atoms with Gasteiger partial charge in [-0.25, -0.2) is 0 Å². The summed E-state index contributed by atoms with van der Waals surface area (Å²) < 4.78 is 0.972. The molecule has 0 aliphatic rings. The topological polar surface area (TPSA) is 37.3 Å². The molecule has 0 amide bonds. The number of hydrogen-bond acceptors (Lipinski definition) is 1. The van der Waals surface area contributed by atoms with Gasteiger partial charge in [0.1, 0.15) is 0 Å². The maximum atomic E-state index is 9.00. The third-order valence-corrected chi connectivity index (χ3v) is 0. The van der Waals surface area contributed by atoms with Crippen molar-refractivity contribution >= 4 is 22.3 Å². The average Bonchev–Trinajstić information content (AvgIpc) is 1.25. The lowest BCUT2D eigenvalue weighted by atomic mass is 10.6. The van der Waals surface area contributed by atoms with Gasteiger partial charge in [0.05, 0.1) is 0 Å². The number of aliphatic carboxylic acids is 1. The van der Waals surface area contributed by atoms with E-state index in [0.29, 0.717) is 0 Å². The summed E-state index contributed by atoms with van der Waals surface area (Å²) in [5.41, 5.74) is 0. The van der Waals surface area contributed by atoms with Crippen LogP contribution >= 0.6 is 0 Å². The van der Waals surface area contributed by atoms with Gasteiger partial charge in [-0.05, 0) is 0 Å². The summed E-state index contributed by atoms with van der Waals surface area (Å²) in [6.07, 6.45) is 0. The summed E-state index contributed by atoms with van der Waals surface area (Å²) in [7, 11) is 0. The van der Waals surface area contributed by atoms with Gasteiger partial charge in [0.2, 0.25) is 16.3 Å². The Kier molecular flexibility index (Phi) is 9.53. The van der Waals surface area contributed by atoms with Gasteiger partial charge in [-0.2, -0.15) is 0 Å². The SMILES string of the molecule is CC(=O)O.C[CH](C)[AlH2]. The maximum absolute atomic E-state index is 9.00. The van der Waals surface area contributed by atoms with Crippen LogP contribution in [0.3, 0.4) is 0 Å². The molecule has 0 aliphatic heterocycles. The van der Waals surface area contributed by atoms with Crippen molar-refractivity contribution in [3.8, 4) is 0 Å². The predicted octanol–water partition coefficient (Wildman–Crippen LogP) is 0.539. The number of hydrogen-bond donors (Lipinski definition) is 1. The zero-order chi connectivity index (χ0) is 7.15. The van der Waals surface area contributed by atoms with Crippen LogP contribution < -0.4 is 0 Å². The van der Waals surface area contributed by atoms with Crippen LogP contribution in [0.25, 0.3) is 0 Å². The van der Waals surface area contributed by atoms with Crippen molar-refractivity contribution < 1.29 is 9.90 Å². The fourth-order valence-electron chi connectivity index (χ4n) is 0. The third-order valence-electron chi connectivity index (χ3n) is 0. The van der Waals surface area contributed by atoms with Crippen molar-refractivity contribution in [3.63, 3.8) is 0 Å². The molecule has 2 nitrogen and oxygen atoms in total. The molecule has 0 aromatic heterocycles. The molecule has 0 fully saturated rings. The lowest BCUT2D eigenvalue weighted by Gasteiger charge is -1.77. The fraction of sp³-hybridized carbons (Fsp3) is 0.800. The Morgan fingerprint density at radius 3 is 1.62 bits per heavy atom. The van der Waals surface area contributed by atoms with Crippen LogP contribution in [0.1, 0.15) is 20.8 Å². The molecule has 0 spiro atoms. The van der Waals surface area contributed by atoms with Gasteiger partial charge in [0.25, 0.3) is 5.97 Å². The highest BCUT2D eigenvalue weighted by atomic mass is 27.0. The molecular formula is C5H13AlO2. The monoisotopic (exact) mass is 132 g/mol. The summed E-state index contributed by atoms with van der Waals surface area (Å²) >= 11 is 1.35. The van der Waals surface area contributed by atoms with Crippen molar-refractivity contribution in [2.45, 2.75) is 25.6 Å². The van der Waals surface area contributed by atoms with E-state index in [-0.39, 0.29) is 0 Å². The van der Waals surface area contributed by atoms with E-state index >= 15 is 0 Å². The highest BCUT2D eigenvalue weighted by molar-refractivity contribution is 6.10. The molecule has 0 unspecified atom stereocenters. The van der Waals surface area contributed by atoms with E-state index in [2.05, 4.69) is 13.8 Å². The van der Waals surface area contributed by atoms with Gasteiger partial charge in [0.15, 0.2) is 0 Å². The van der Waals surface area contributed by atoms with E-state index in [9.17, 15) is 0 Å². The van der Waals surface area contributed by atoms with Crippen LogP contribution in [0.2, 0.25) is 4.78 Å². The van der Waals surface area contributed by atoms with Crippen molar-refractivity contribution in [2.75, 3.05) is 0 Å². The number of carboxylic acids is 1. The zero-order valence-corrected chi connectivity index (χ0v) is 7.93. The third kappa shape index (κ3) is 24700000. The summed E-state index contributed by atoms with van der Waals surface area (Å²) in [5, 5.41) is 7.42. The minimum Gasteiger partial charge on any atom is -0.481 e. The molecule has 3 heteroatoms. The second-order valence-corrected chi connectivity index (χ2v) is 4.56. The largest absolute Gasteiger partial charge is 0.481 e. The molecule has 0 saturated carbocycles. The van der Waals surface area contributed by atoms with E-state index in [4.69, 9.17) is 9.90 Å². The Bertz CT molecular complexity index is 54.7. The van der Waals surface area contributed by atoms with E-state index in [1.54, 1.807) is 0 Å². The number of carbonyl (C=O) groups is 1. The van der Waals surface area contributed by atoms with E-state index in [0.717, 1.165) is 11.7 Å². The van der Waals surface area contributed by atoms with Gasteiger partial charge in [-0.3, -0.25) is 4.79 Å². The molecule has 0 aromatic rings. The van der Waals surface area contributed by atoms with Crippen LogP contribution in [0.15, 0.2) is 0 Å². The number of rotatable bonds is 0. The smallest absolute Gasteiger partial charge is 0.300 e. The first kappa shape index (κ1) is 10.9. The zero-order valence-electron chi connectivity index (χ0n) is 5.93. The lowest BCUT2D eigenvalue weighted by molar-refractivity contribution is -0.134. The van der Waals surface area contributed by atoms with Crippen LogP contribution in [0.4, 0.5) is 0 Å². The maximum Gasteiger partial charge on any atom is 0.300 e. The van der Waals surface area contributed by atoms with E-state index < -0.39 is 5.97 Å². The van der Waals surface area contributed by atoms with Gasteiger partial charge in [-0.1, -0.05) is 18.6 Å². The highest BCUT2D eigenvalue weighted by Crippen LogP contribution is 1.84. The minimum atomic E-state index is -0.833. The Balaban J connectivity index is 0. The summed E-state index contributed by atoms with van der Waals surface area (Å²) in [4.78, 5) is 9.00. The lowest BCUT2D eigenvalue weighted by Crippen LogP contribution is -1.78. The van der Waals surface area contributed by atoms with Crippen LogP contribution in [0, 0.1) is 0 Å². The second-order valence-electron chi connectivity index (χ2n) is 2.25. The molecule has 0 heterocycles. The molecular weight excluding hydrogens is 119 g/mol. The molecule has 0 radical (unpaired) electrons. The molecule has 0 saturated heterocycles. The fourth-order valence-corrected chi connectivity index (χ4v) is 0. The standard InChI is InChI=1S/C3H7.C2H4O2.Al.2H/c1-3-2;1-2(3)4;;;/h3H,1-2H3;1H3,(H,3,4);;;. The number of carboxylic acid groups (broad SMARTS) is 1. The van der Waals surface area contributed by atoms with Gasteiger partial charge in [0, 0.05) is 6.92 Å². The highest BCUT2D eigenvalue weighted by Gasteiger charge is 1.70. The first-order chi connectivity index (χ1) is 3.46. The summed E-state index contributed by atoms with van der Waals surface area (Å²) in [6, 6.07) is 0. The first-order valence-corrected chi connectivity index (χ1v) is 3.81. The van der Waals surface area contributed by atoms with Gasteiger partial charge < -0.3 is 5.11 Å². The molecule has 0 atom stereocenters. The molecule has 0 aromatic carbocycles. The normalized spacial score (nSPS) is 7.50. The van der Waals surface area contributed by atoms with Crippen LogP contribution in [0.5, 0.6) is 0 Å². The molecule has 0 bridgehead atoms. The molecule has 1 N–H and O–H groups in total. The average molecular weight is 132 g/mol. The van der Waals surface area contributed by atoms with Gasteiger partial charge in [-0.15, -0.1) is 0 Å². The summed E-state index contributed by atoms with van der Waals surface area (Å²) in [6.45, 7) is 5.54. The predicted molar refractivity (Wildman–Crippen MR) is 37.0 cm³/mol. The first-order valence-electron chi connectivity index (χ1n) is 2.66. The van der Waals surface area contributed by atoms with Crippen molar-refractivity contribution in [1.29, 1.82) is 0 Å².